The van der Waals surface area contributed by atoms with Crippen molar-refractivity contribution in [1.82, 2.24) is 0 Å². The standard InChI is InChI=1S/C18H22N2O2/c1-13(2)15-8-4-5-9-16(15)20-18(21)12-22-17-10-6-3-7-14(17)11-19/h3-10,13H,11-12,19H2,1-2H3,(H,20,21). The average Bonchev–Trinajstić information content (AvgIpc) is 2.53. The molecule has 0 unspecified atom stereocenters. The average molecular weight is 298 g/mol. The Bertz CT molecular complexity index is 638. The number of rotatable bonds is 6. The van der Waals surface area contributed by atoms with Gasteiger partial charge in [-0.1, -0.05) is 50.2 Å². The van der Waals surface area contributed by atoms with Gasteiger partial charge in [0.15, 0.2) is 6.61 Å². The number of anilines is 1. The number of benzene rings is 2. The van der Waals surface area contributed by atoms with Gasteiger partial charge in [0, 0.05) is 17.8 Å². The normalized spacial score (nSPS) is 10.5. The molecule has 2 aromatic carbocycles. The van der Waals surface area contributed by atoms with Crippen LogP contribution in [0.15, 0.2) is 48.5 Å². The Morgan fingerprint density at radius 3 is 2.55 bits per heavy atom. The predicted octanol–water partition coefficient (Wildman–Crippen LogP) is 3.29. The summed E-state index contributed by atoms with van der Waals surface area (Å²) in [6.07, 6.45) is 0. The van der Waals surface area contributed by atoms with Gasteiger partial charge in [-0.3, -0.25) is 4.79 Å². The molecule has 116 valence electrons. The van der Waals surface area contributed by atoms with Crippen LogP contribution in [0.5, 0.6) is 5.75 Å². The molecule has 0 spiro atoms. The zero-order valence-corrected chi connectivity index (χ0v) is 13.0. The van der Waals surface area contributed by atoms with Crippen molar-refractivity contribution in [2.75, 3.05) is 11.9 Å². The monoisotopic (exact) mass is 298 g/mol. The van der Waals surface area contributed by atoms with E-state index in [1.165, 1.54) is 0 Å². The maximum absolute atomic E-state index is 12.1. The van der Waals surface area contributed by atoms with Gasteiger partial charge in [0.1, 0.15) is 5.75 Å². The highest BCUT2D eigenvalue weighted by molar-refractivity contribution is 5.92. The van der Waals surface area contributed by atoms with Gasteiger partial charge in [-0.15, -0.1) is 0 Å². The summed E-state index contributed by atoms with van der Waals surface area (Å²) in [5.41, 5.74) is 8.48. The third kappa shape index (κ3) is 4.09. The van der Waals surface area contributed by atoms with Crippen LogP contribution in [0.3, 0.4) is 0 Å². The maximum Gasteiger partial charge on any atom is 0.262 e. The van der Waals surface area contributed by atoms with Gasteiger partial charge >= 0.3 is 0 Å². The first-order valence-electron chi connectivity index (χ1n) is 7.41. The number of hydrogen-bond acceptors (Lipinski definition) is 3. The molecule has 0 aliphatic heterocycles. The number of carbonyl (C=O) groups is 1. The van der Waals surface area contributed by atoms with E-state index in [2.05, 4.69) is 19.2 Å². The quantitative estimate of drug-likeness (QED) is 0.860. The summed E-state index contributed by atoms with van der Waals surface area (Å²) >= 11 is 0. The summed E-state index contributed by atoms with van der Waals surface area (Å²) in [5.74, 6) is 0.813. The van der Waals surface area contributed by atoms with Crippen molar-refractivity contribution in [1.29, 1.82) is 0 Å². The molecule has 22 heavy (non-hydrogen) atoms. The molecule has 2 rings (SSSR count). The summed E-state index contributed by atoms with van der Waals surface area (Å²) in [4.78, 5) is 12.1. The number of nitrogens with one attached hydrogen (secondary N) is 1. The lowest BCUT2D eigenvalue weighted by atomic mass is 10.0. The van der Waals surface area contributed by atoms with E-state index in [-0.39, 0.29) is 12.5 Å². The van der Waals surface area contributed by atoms with E-state index in [4.69, 9.17) is 10.5 Å². The molecule has 3 N–H and O–H groups in total. The van der Waals surface area contributed by atoms with Gasteiger partial charge in [0.25, 0.3) is 5.91 Å². The molecule has 1 amide bonds. The lowest BCUT2D eigenvalue weighted by Gasteiger charge is -2.14. The predicted molar refractivity (Wildman–Crippen MR) is 89.0 cm³/mol. The lowest BCUT2D eigenvalue weighted by Crippen LogP contribution is -2.21. The van der Waals surface area contributed by atoms with Crippen molar-refractivity contribution in [2.24, 2.45) is 5.73 Å². The Kier molecular flexibility index (Phi) is 5.55. The number of ether oxygens (including phenoxy) is 1. The fourth-order valence-electron chi connectivity index (χ4n) is 2.26. The third-order valence-electron chi connectivity index (χ3n) is 3.41. The Balaban J connectivity index is 1.99. The van der Waals surface area contributed by atoms with Crippen LogP contribution in [0.2, 0.25) is 0 Å². The first-order valence-corrected chi connectivity index (χ1v) is 7.41. The van der Waals surface area contributed by atoms with Crippen LogP contribution in [0.25, 0.3) is 0 Å². The molecular formula is C18H22N2O2. The summed E-state index contributed by atoms with van der Waals surface area (Å²) < 4.78 is 5.57. The Morgan fingerprint density at radius 2 is 1.82 bits per heavy atom. The van der Waals surface area contributed by atoms with Crippen molar-refractivity contribution in [2.45, 2.75) is 26.3 Å². The summed E-state index contributed by atoms with van der Waals surface area (Å²) in [6.45, 7) is 4.54. The van der Waals surface area contributed by atoms with Crippen LogP contribution in [-0.4, -0.2) is 12.5 Å². The Morgan fingerprint density at radius 1 is 1.14 bits per heavy atom. The fourth-order valence-corrected chi connectivity index (χ4v) is 2.26. The van der Waals surface area contributed by atoms with Gasteiger partial charge in [0.05, 0.1) is 0 Å². The SMILES string of the molecule is CC(C)c1ccccc1NC(=O)COc1ccccc1CN. The molecule has 0 saturated heterocycles. The Hall–Kier alpha value is -2.33. The second-order valence-corrected chi connectivity index (χ2v) is 5.39. The van der Waals surface area contributed by atoms with E-state index in [0.29, 0.717) is 18.2 Å². The third-order valence-corrected chi connectivity index (χ3v) is 3.41. The second-order valence-electron chi connectivity index (χ2n) is 5.39. The van der Waals surface area contributed by atoms with Crippen LogP contribution in [0, 0.1) is 0 Å². The van der Waals surface area contributed by atoms with Gasteiger partial charge in [-0.05, 0) is 23.6 Å². The maximum atomic E-state index is 12.1. The van der Waals surface area contributed by atoms with E-state index >= 15 is 0 Å². The minimum absolute atomic E-state index is 0.0383. The number of carbonyl (C=O) groups excluding carboxylic acids is 1. The van der Waals surface area contributed by atoms with Crippen molar-refractivity contribution in [3.63, 3.8) is 0 Å². The van der Waals surface area contributed by atoms with Crippen LogP contribution >= 0.6 is 0 Å². The first kappa shape index (κ1) is 16.0. The van der Waals surface area contributed by atoms with Gasteiger partial charge < -0.3 is 15.8 Å². The minimum Gasteiger partial charge on any atom is -0.483 e. The van der Waals surface area contributed by atoms with Crippen LogP contribution in [0.4, 0.5) is 5.69 Å². The Labute approximate surface area is 131 Å². The topological polar surface area (TPSA) is 64.3 Å². The highest BCUT2D eigenvalue weighted by atomic mass is 16.5. The molecule has 0 aromatic heterocycles. The van der Waals surface area contributed by atoms with Crippen LogP contribution < -0.4 is 15.8 Å². The molecule has 0 bridgehead atoms. The number of amides is 1. The molecular weight excluding hydrogens is 276 g/mol. The second kappa shape index (κ2) is 7.61. The largest absolute Gasteiger partial charge is 0.483 e. The van der Waals surface area contributed by atoms with E-state index in [1.54, 1.807) is 0 Å². The zero-order chi connectivity index (χ0) is 15.9. The molecule has 0 aliphatic rings. The smallest absolute Gasteiger partial charge is 0.262 e. The van der Waals surface area contributed by atoms with Crippen molar-refractivity contribution in [3.05, 3.63) is 59.7 Å². The van der Waals surface area contributed by atoms with Crippen LogP contribution in [0.1, 0.15) is 30.9 Å². The molecule has 0 aliphatic carbocycles. The number of hydrogen-bond donors (Lipinski definition) is 2. The highest BCUT2D eigenvalue weighted by Gasteiger charge is 2.10. The van der Waals surface area contributed by atoms with E-state index in [9.17, 15) is 4.79 Å². The molecule has 4 heteroatoms. The molecule has 0 atom stereocenters. The fraction of sp³-hybridized carbons (Fsp3) is 0.278. The highest BCUT2D eigenvalue weighted by Crippen LogP contribution is 2.23. The molecule has 2 aromatic rings. The van der Waals surface area contributed by atoms with E-state index in [1.807, 2.05) is 48.5 Å². The van der Waals surface area contributed by atoms with Gasteiger partial charge in [-0.2, -0.15) is 0 Å². The molecule has 0 radical (unpaired) electrons. The molecule has 0 fully saturated rings. The lowest BCUT2D eigenvalue weighted by molar-refractivity contribution is -0.118. The van der Waals surface area contributed by atoms with E-state index < -0.39 is 0 Å². The first-order chi connectivity index (χ1) is 10.6. The van der Waals surface area contributed by atoms with E-state index in [0.717, 1.165) is 16.8 Å². The molecule has 0 heterocycles. The molecule has 0 saturated carbocycles. The van der Waals surface area contributed by atoms with Crippen LogP contribution in [-0.2, 0) is 11.3 Å². The number of nitrogens with two attached hydrogens (primary N) is 1. The van der Waals surface area contributed by atoms with Crippen molar-refractivity contribution < 1.29 is 9.53 Å². The minimum atomic E-state index is -0.181. The summed E-state index contributed by atoms with van der Waals surface area (Å²) in [7, 11) is 0. The van der Waals surface area contributed by atoms with Gasteiger partial charge in [-0.25, -0.2) is 0 Å². The van der Waals surface area contributed by atoms with Crippen molar-refractivity contribution in [3.8, 4) is 5.75 Å². The summed E-state index contributed by atoms with van der Waals surface area (Å²) in [6, 6.07) is 15.3. The zero-order valence-electron chi connectivity index (χ0n) is 13.0. The number of para-hydroxylation sites is 2. The van der Waals surface area contributed by atoms with Gasteiger partial charge in [0.2, 0.25) is 0 Å². The molecule has 4 nitrogen and oxygen atoms in total. The summed E-state index contributed by atoms with van der Waals surface area (Å²) in [5, 5.41) is 2.90. The van der Waals surface area contributed by atoms with Crippen molar-refractivity contribution >= 4 is 11.6 Å².